The van der Waals surface area contributed by atoms with Crippen LogP contribution in [0.25, 0.3) is 0 Å². The molecular weight excluding hydrogens is 259 g/mol. The van der Waals surface area contributed by atoms with Crippen LogP contribution in [0.3, 0.4) is 0 Å². The Balaban J connectivity index is 4.39. The minimum Gasteiger partial charge on any atom is -0.329 e. The fourth-order valence-corrected chi connectivity index (χ4v) is 2.04. The molecule has 0 heterocycles. The third-order valence-electron chi connectivity index (χ3n) is 1.94. The Bertz CT molecular complexity index is 340. The second-order valence-corrected chi connectivity index (χ2v) is 6.17. The molecule has 1 amide bonds. The topological polar surface area (TPSA) is 84.9 Å². The number of carbonyl (C=O) groups excluding carboxylic acids is 1. The fourth-order valence-electron chi connectivity index (χ4n) is 1.20. The highest BCUT2D eigenvalue weighted by Gasteiger charge is 2.30. The zero-order chi connectivity index (χ0) is 14.4. The van der Waals surface area contributed by atoms with E-state index in [9.17, 15) is 14.3 Å². The van der Waals surface area contributed by atoms with Crippen LogP contribution in [0.4, 0.5) is 0 Å². The first-order chi connectivity index (χ1) is 8.09. The Kier molecular flexibility index (Phi) is 6.73. The van der Waals surface area contributed by atoms with Gasteiger partial charge in [0.15, 0.2) is 0 Å². The number of nitrogens with one attached hydrogen (secondary N) is 1. The van der Waals surface area contributed by atoms with E-state index in [4.69, 9.17) is 4.52 Å². The molecule has 0 aliphatic carbocycles. The molecule has 2 unspecified atom stereocenters. The summed E-state index contributed by atoms with van der Waals surface area (Å²) in [6.45, 7) is 5.56. The molecule has 0 aliphatic rings. The highest BCUT2D eigenvalue weighted by Crippen LogP contribution is 2.44. The number of rotatable bonds is 8. The molecule has 0 radical (unpaired) electrons. The van der Waals surface area contributed by atoms with E-state index in [1.807, 2.05) is 28.1 Å². The maximum Gasteiger partial charge on any atom is 0.494 e. The molecular formula is C10H22N2O5P+. The van der Waals surface area contributed by atoms with Crippen LogP contribution in [-0.4, -0.2) is 49.1 Å². The van der Waals surface area contributed by atoms with Gasteiger partial charge in [-0.3, -0.25) is 9.32 Å². The van der Waals surface area contributed by atoms with Gasteiger partial charge in [-0.25, -0.2) is 10.0 Å². The number of carbonyl (C=O) groups is 1. The number of nitrogens with zero attached hydrogens (tertiary/aromatic N) is 1. The van der Waals surface area contributed by atoms with Crippen LogP contribution in [-0.2, 0) is 18.5 Å². The second kappa shape index (κ2) is 7.01. The first-order valence-electron chi connectivity index (χ1n) is 5.52. The summed E-state index contributed by atoms with van der Waals surface area (Å²) in [6.07, 6.45) is 1.03. The molecule has 2 N–H and O–H groups in total. The molecule has 0 aliphatic heterocycles. The molecule has 0 aromatic carbocycles. The third kappa shape index (κ3) is 8.38. The van der Waals surface area contributed by atoms with Crippen molar-refractivity contribution in [2.75, 3.05) is 27.7 Å². The molecule has 0 saturated heterocycles. The van der Waals surface area contributed by atoms with Crippen LogP contribution in [0.2, 0.25) is 0 Å². The van der Waals surface area contributed by atoms with Crippen molar-refractivity contribution < 1.29 is 27.9 Å². The SMILES string of the molecule is C=CC(=O)NOP(=O)(O)OC(CC)C[N+](C)(C)C. The third-order valence-corrected chi connectivity index (χ3v) is 2.82. The number of likely N-dealkylation sites (N-methyl/N-ethyl adjacent to an activating group) is 1. The summed E-state index contributed by atoms with van der Waals surface area (Å²) in [6, 6.07) is 0. The summed E-state index contributed by atoms with van der Waals surface area (Å²) < 4.78 is 21.4. The van der Waals surface area contributed by atoms with E-state index in [0.717, 1.165) is 6.08 Å². The van der Waals surface area contributed by atoms with Gasteiger partial charge in [-0.2, -0.15) is 4.62 Å². The minimum absolute atomic E-state index is 0.443. The van der Waals surface area contributed by atoms with Crippen LogP contribution in [0.1, 0.15) is 13.3 Å². The lowest BCUT2D eigenvalue weighted by molar-refractivity contribution is -0.873. The van der Waals surface area contributed by atoms with E-state index in [2.05, 4.69) is 11.2 Å². The van der Waals surface area contributed by atoms with E-state index in [1.165, 1.54) is 0 Å². The molecule has 0 aromatic heterocycles. The Morgan fingerprint density at radius 3 is 2.50 bits per heavy atom. The monoisotopic (exact) mass is 281 g/mol. The number of amides is 1. The Hall–Kier alpha value is -0.720. The van der Waals surface area contributed by atoms with Crippen LogP contribution in [0.15, 0.2) is 12.7 Å². The number of hydroxylamine groups is 1. The first kappa shape index (κ1) is 17.3. The zero-order valence-corrected chi connectivity index (χ0v) is 12.1. The van der Waals surface area contributed by atoms with Gasteiger partial charge in [0.05, 0.1) is 21.1 Å². The van der Waals surface area contributed by atoms with Gasteiger partial charge in [-0.1, -0.05) is 13.5 Å². The van der Waals surface area contributed by atoms with Gasteiger partial charge >= 0.3 is 7.82 Å². The van der Waals surface area contributed by atoms with E-state index < -0.39 is 19.8 Å². The highest BCUT2D eigenvalue weighted by molar-refractivity contribution is 7.47. The zero-order valence-electron chi connectivity index (χ0n) is 11.3. The van der Waals surface area contributed by atoms with Gasteiger partial charge < -0.3 is 9.38 Å². The number of phosphoric ester groups is 1. The van der Waals surface area contributed by atoms with Gasteiger partial charge in [0.1, 0.15) is 12.6 Å². The van der Waals surface area contributed by atoms with E-state index in [-0.39, 0.29) is 0 Å². The van der Waals surface area contributed by atoms with Crippen molar-refractivity contribution in [3.63, 3.8) is 0 Å². The Labute approximate surface area is 108 Å². The Morgan fingerprint density at radius 1 is 1.56 bits per heavy atom. The van der Waals surface area contributed by atoms with Gasteiger partial charge in [-0.15, -0.1) is 0 Å². The normalized spacial score (nSPS) is 16.7. The lowest BCUT2D eigenvalue weighted by atomic mass is 10.2. The number of hydrogen-bond donors (Lipinski definition) is 2. The Morgan fingerprint density at radius 2 is 2.11 bits per heavy atom. The molecule has 0 aromatic rings. The van der Waals surface area contributed by atoms with Crippen LogP contribution in [0, 0.1) is 0 Å². The summed E-state index contributed by atoms with van der Waals surface area (Å²) in [5, 5.41) is 0. The number of hydrogen-bond acceptors (Lipinski definition) is 4. The van der Waals surface area contributed by atoms with Crippen molar-refractivity contribution in [2.24, 2.45) is 0 Å². The lowest BCUT2D eigenvalue weighted by Crippen LogP contribution is -2.42. The summed E-state index contributed by atoms with van der Waals surface area (Å²) in [5.41, 5.74) is 1.76. The standard InChI is InChI=1S/C10H21N2O5P/c1-6-9(8-12(3,4)5)16-18(14,15)17-11-10(13)7-2/h7,9H,2,6,8H2,1,3-5H3,(H-,11,13,14,15)/p+1. The van der Waals surface area contributed by atoms with Crippen molar-refractivity contribution >= 4 is 13.7 Å². The maximum atomic E-state index is 11.5. The summed E-state index contributed by atoms with van der Waals surface area (Å²) >= 11 is 0. The molecule has 18 heavy (non-hydrogen) atoms. The van der Waals surface area contributed by atoms with Crippen molar-refractivity contribution in [3.8, 4) is 0 Å². The lowest BCUT2D eigenvalue weighted by Gasteiger charge is -2.29. The molecule has 0 spiro atoms. The quantitative estimate of drug-likeness (QED) is 0.298. The van der Waals surface area contributed by atoms with Crippen LogP contribution < -0.4 is 5.48 Å². The average molecular weight is 281 g/mol. The maximum absolute atomic E-state index is 11.5. The van der Waals surface area contributed by atoms with Crippen molar-refractivity contribution in [2.45, 2.75) is 19.4 Å². The number of phosphoric acid groups is 1. The van der Waals surface area contributed by atoms with Crippen molar-refractivity contribution in [3.05, 3.63) is 12.7 Å². The average Bonchev–Trinajstić information content (AvgIpc) is 2.22. The second-order valence-electron chi connectivity index (χ2n) is 4.84. The summed E-state index contributed by atoms with van der Waals surface area (Å²) in [7, 11) is 1.51. The molecule has 8 heteroatoms. The van der Waals surface area contributed by atoms with Crippen molar-refractivity contribution in [1.29, 1.82) is 0 Å². The van der Waals surface area contributed by atoms with Crippen molar-refractivity contribution in [1.82, 2.24) is 5.48 Å². The van der Waals surface area contributed by atoms with E-state index in [1.54, 1.807) is 5.48 Å². The molecule has 0 fully saturated rings. The summed E-state index contributed by atoms with van der Waals surface area (Å²) in [4.78, 5) is 20.2. The molecule has 0 saturated carbocycles. The predicted molar refractivity (Wildman–Crippen MR) is 67.3 cm³/mol. The van der Waals surface area contributed by atoms with Gasteiger partial charge in [0.25, 0.3) is 5.91 Å². The molecule has 0 bridgehead atoms. The van der Waals surface area contributed by atoms with Gasteiger partial charge in [0, 0.05) is 0 Å². The molecule has 7 nitrogen and oxygen atoms in total. The van der Waals surface area contributed by atoms with Gasteiger partial charge in [-0.05, 0) is 12.5 Å². The van der Waals surface area contributed by atoms with E-state index in [0.29, 0.717) is 17.4 Å². The van der Waals surface area contributed by atoms with Gasteiger partial charge in [0.2, 0.25) is 0 Å². The largest absolute Gasteiger partial charge is 0.494 e. The first-order valence-corrected chi connectivity index (χ1v) is 7.02. The van der Waals surface area contributed by atoms with Crippen LogP contribution >= 0.6 is 7.82 Å². The number of quaternary nitrogens is 1. The highest BCUT2D eigenvalue weighted by atomic mass is 31.2. The molecule has 0 rings (SSSR count). The smallest absolute Gasteiger partial charge is 0.329 e. The van der Waals surface area contributed by atoms with Crippen LogP contribution in [0.5, 0.6) is 0 Å². The molecule has 106 valence electrons. The molecule has 2 atom stereocenters. The summed E-state index contributed by atoms with van der Waals surface area (Å²) in [5.74, 6) is -0.715. The predicted octanol–water partition coefficient (Wildman–Crippen LogP) is 0.822. The minimum atomic E-state index is -4.31. The fraction of sp³-hybridized carbons (Fsp3) is 0.700. The van der Waals surface area contributed by atoms with E-state index >= 15 is 0 Å².